The zero-order valence-corrected chi connectivity index (χ0v) is 10.3. The van der Waals surface area contributed by atoms with Crippen molar-refractivity contribution in [2.24, 2.45) is 0 Å². The van der Waals surface area contributed by atoms with E-state index in [1.165, 1.54) is 11.2 Å². The van der Waals surface area contributed by atoms with Crippen molar-refractivity contribution < 1.29 is 4.79 Å². The van der Waals surface area contributed by atoms with Gasteiger partial charge in [0.2, 0.25) is 0 Å². The summed E-state index contributed by atoms with van der Waals surface area (Å²) in [5.74, 6) is 0. The van der Waals surface area contributed by atoms with Gasteiger partial charge in [0.1, 0.15) is 6.33 Å². The van der Waals surface area contributed by atoms with Crippen LogP contribution in [0.3, 0.4) is 0 Å². The lowest BCUT2D eigenvalue weighted by Gasteiger charge is -2.12. The van der Waals surface area contributed by atoms with Gasteiger partial charge in [0.15, 0.2) is 0 Å². The molecule has 0 aliphatic heterocycles. The van der Waals surface area contributed by atoms with Crippen LogP contribution in [-0.2, 0) is 0 Å². The first-order chi connectivity index (χ1) is 8.66. The van der Waals surface area contributed by atoms with Crippen LogP contribution >= 0.6 is 0 Å². The fraction of sp³-hybridized carbons (Fsp3) is 0.154. The first-order valence-electron chi connectivity index (χ1n) is 5.50. The Morgan fingerprint density at radius 3 is 2.56 bits per heavy atom. The molecule has 18 heavy (non-hydrogen) atoms. The van der Waals surface area contributed by atoms with Crippen LogP contribution < -0.4 is 5.32 Å². The molecule has 0 fully saturated rings. The largest absolute Gasteiger partial charge is 0.331 e. The summed E-state index contributed by atoms with van der Waals surface area (Å²) in [6.07, 6.45) is 4.96. The number of anilines is 1. The number of hydrogen-bond donors (Lipinski definition) is 1. The van der Waals surface area contributed by atoms with Crippen molar-refractivity contribution in [2.75, 3.05) is 19.4 Å². The van der Waals surface area contributed by atoms with Crippen molar-refractivity contribution in [3.63, 3.8) is 0 Å². The summed E-state index contributed by atoms with van der Waals surface area (Å²) in [5.41, 5.74) is 2.63. The van der Waals surface area contributed by atoms with Crippen LogP contribution in [0.4, 0.5) is 10.5 Å². The predicted molar refractivity (Wildman–Crippen MR) is 70.2 cm³/mol. The molecule has 1 aromatic carbocycles. The molecule has 0 aliphatic carbocycles. The molecular formula is C13H14N4O. The van der Waals surface area contributed by atoms with Crippen molar-refractivity contribution in [3.8, 4) is 11.1 Å². The second-order valence-corrected chi connectivity index (χ2v) is 4.03. The van der Waals surface area contributed by atoms with Gasteiger partial charge in [-0.25, -0.2) is 14.8 Å². The summed E-state index contributed by atoms with van der Waals surface area (Å²) < 4.78 is 0. The average molecular weight is 242 g/mol. The van der Waals surface area contributed by atoms with Gasteiger partial charge in [-0.1, -0.05) is 12.1 Å². The van der Waals surface area contributed by atoms with Crippen molar-refractivity contribution in [1.29, 1.82) is 0 Å². The van der Waals surface area contributed by atoms with Gasteiger partial charge in [0.05, 0.1) is 0 Å². The minimum absolute atomic E-state index is 0.156. The maximum absolute atomic E-state index is 11.6. The third-order valence-corrected chi connectivity index (χ3v) is 2.41. The molecule has 0 radical (unpaired) electrons. The van der Waals surface area contributed by atoms with E-state index in [0.29, 0.717) is 0 Å². The van der Waals surface area contributed by atoms with Crippen molar-refractivity contribution in [1.82, 2.24) is 14.9 Å². The molecule has 0 saturated heterocycles. The van der Waals surface area contributed by atoms with Crippen LogP contribution in [0.15, 0.2) is 43.0 Å². The van der Waals surface area contributed by atoms with Crippen LogP contribution in [0.25, 0.3) is 11.1 Å². The van der Waals surface area contributed by atoms with E-state index < -0.39 is 0 Å². The van der Waals surface area contributed by atoms with Crippen LogP contribution in [0.2, 0.25) is 0 Å². The van der Waals surface area contributed by atoms with Gasteiger partial charge in [-0.05, 0) is 17.7 Å². The van der Waals surface area contributed by atoms with Gasteiger partial charge in [0, 0.05) is 37.7 Å². The molecule has 2 aromatic rings. The Morgan fingerprint density at radius 1 is 1.17 bits per heavy atom. The predicted octanol–water partition coefficient (Wildman–Crippen LogP) is 2.24. The number of urea groups is 1. The molecule has 5 heteroatoms. The van der Waals surface area contributed by atoms with E-state index in [2.05, 4.69) is 15.3 Å². The number of aromatic nitrogens is 2. The summed E-state index contributed by atoms with van der Waals surface area (Å²) in [6, 6.07) is 7.41. The van der Waals surface area contributed by atoms with E-state index in [-0.39, 0.29) is 6.03 Å². The Bertz CT molecular complexity index is 540. The SMILES string of the molecule is CN(C)C(=O)Nc1cccc(-c2cncnc2)c1. The third kappa shape index (κ3) is 2.82. The number of hydrogen-bond acceptors (Lipinski definition) is 3. The molecule has 1 N–H and O–H groups in total. The van der Waals surface area contributed by atoms with E-state index >= 15 is 0 Å². The molecule has 1 heterocycles. The average Bonchev–Trinajstić information content (AvgIpc) is 2.40. The van der Waals surface area contributed by atoms with E-state index in [4.69, 9.17) is 0 Å². The van der Waals surface area contributed by atoms with Gasteiger partial charge in [0.25, 0.3) is 0 Å². The Morgan fingerprint density at radius 2 is 1.89 bits per heavy atom. The summed E-state index contributed by atoms with van der Waals surface area (Å²) in [5, 5.41) is 2.80. The molecule has 92 valence electrons. The second-order valence-electron chi connectivity index (χ2n) is 4.03. The smallest absolute Gasteiger partial charge is 0.321 e. The Hall–Kier alpha value is -2.43. The van der Waals surface area contributed by atoms with Crippen molar-refractivity contribution >= 4 is 11.7 Å². The van der Waals surface area contributed by atoms with E-state index in [1.807, 2.05) is 24.3 Å². The lowest BCUT2D eigenvalue weighted by molar-refractivity contribution is 0.230. The molecule has 0 saturated carbocycles. The van der Waals surface area contributed by atoms with Gasteiger partial charge >= 0.3 is 6.03 Å². The van der Waals surface area contributed by atoms with E-state index in [9.17, 15) is 4.79 Å². The van der Waals surface area contributed by atoms with Crippen LogP contribution in [0.5, 0.6) is 0 Å². The maximum Gasteiger partial charge on any atom is 0.321 e. The van der Waals surface area contributed by atoms with Crippen LogP contribution in [0, 0.1) is 0 Å². The molecule has 0 bridgehead atoms. The Balaban J connectivity index is 2.23. The summed E-state index contributed by atoms with van der Waals surface area (Å²) >= 11 is 0. The summed E-state index contributed by atoms with van der Waals surface area (Å²) in [6.45, 7) is 0. The standard InChI is InChI=1S/C13H14N4O/c1-17(2)13(18)16-12-5-3-4-10(6-12)11-7-14-9-15-8-11/h3-9H,1-2H3,(H,16,18). The van der Waals surface area contributed by atoms with Gasteiger partial charge in [-0.15, -0.1) is 0 Å². The van der Waals surface area contributed by atoms with Gasteiger partial charge in [-0.3, -0.25) is 0 Å². The van der Waals surface area contributed by atoms with E-state index in [0.717, 1.165) is 16.8 Å². The highest BCUT2D eigenvalue weighted by Gasteiger charge is 2.05. The summed E-state index contributed by atoms with van der Waals surface area (Å²) in [4.78, 5) is 21.0. The monoisotopic (exact) mass is 242 g/mol. The van der Waals surface area contributed by atoms with Crippen molar-refractivity contribution in [2.45, 2.75) is 0 Å². The normalized spacial score (nSPS) is 9.89. The number of benzene rings is 1. The highest BCUT2D eigenvalue weighted by atomic mass is 16.2. The summed E-state index contributed by atoms with van der Waals surface area (Å²) in [7, 11) is 3.40. The fourth-order valence-corrected chi connectivity index (χ4v) is 1.46. The number of nitrogens with zero attached hydrogens (tertiary/aromatic N) is 3. The number of amides is 2. The fourth-order valence-electron chi connectivity index (χ4n) is 1.46. The highest BCUT2D eigenvalue weighted by Crippen LogP contribution is 2.21. The quantitative estimate of drug-likeness (QED) is 0.878. The minimum Gasteiger partial charge on any atom is -0.331 e. The van der Waals surface area contributed by atoms with Crippen molar-refractivity contribution in [3.05, 3.63) is 43.0 Å². The molecule has 0 spiro atoms. The molecule has 0 unspecified atom stereocenters. The topological polar surface area (TPSA) is 58.1 Å². The number of carbonyl (C=O) groups excluding carboxylic acids is 1. The molecule has 0 atom stereocenters. The second kappa shape index (κ2) is 5.27. The molecule has 5 nitrogen and oxygen atoms in total. The first kappa shape index (κ1) is 12.0. The van der Waals surface area contributed by atoms with Crippen LogP contribution in [0.1, 0.15) is 0 Å². The highest BCUT2D eigenvalue weighted by molar-refractivity contribution is 5.89. The zero-order valence-electron chi connectivity index (χ0n) is 10.3. The molecule has 1 aromatic heterocycles. The zero-order chi connectivity index (χ0) is 13.0. The number of rotatable bonds is 2. The molecule has 2 rings (SSSR count). The van der Waals surface area contributed by atoms with E-state index in [1.54, 1.807) is 26.5 Å². The third-order valence-electron chi connectivity index (χ3n) is 2.41. The minimum atomic E-state index is -0.156. The molecular weight excluding hydrogens is 228 g/mol. The lowest BCUT2D eigenvalue weighted by Crippen LogP contribution is -2.27. The number of nitrogens with one attached hydrogen (secondary N) is 1. The first-order valence-corrected chi connectivity index (χ1v) is 5.50. The Kier molecular flexibility index (Phi) is 3.52. The Labute approximate surface area is 105 Å². The lowest BCUT2D eigenvalue weighted by atomic mass is 10.1. The molecule has 2 amide bonds. The van der Waals surface area contributed by atoms with Gasteiger partial charge < -0.3 is 10.2 Å². The van der Waals surface area contributed by atoms with Gasteiger partial charge in [-0.2, -0.15) is 0 Å². The maximum atomic E-state index is 11.6. The molecule has 0 aliphatic rings. The van der Waals surface area contributed by atoms with Crippen LogP contribution in [-0.4, -0.2) is 35.0 Å². The number of carbonyl (C=O) groups is 1.